The van der Waals surface area contributed by atoms with E-state index in [1.165, 1.54) is 29.2 Å². The van der Waals surface area contributed by atoms with Crippen molar-refractivity contribution < 1.29 is 9.18 Å². The predicted molar refractivity (Wildman–Crippen MR) is 73.3 cm³/mol. The van der Waals surface area contributed by atoms with Gasteiger partial charge in [-0.05, 0) is 47.5 Å². The molecule has 2 unspecified atom stereocenters. The van der Waals surface area contributed by atoms with Crippen molar-refractivity contribution in [3.8, 4) is 5.69 Å². The Morgan fingerprint density at radius 2 is 2.38 bits per heavy atom. The van der Waals surface area contributed by atoms with Crippen molar-refractivity contribution in [3.63, 3.8) is 0 Å². The Kier molecular flexibility index (Phi) is 3.61. The SMILES string of the molecule is CC1CCNC1C(=O)Nc1cc(-n2cnnn2)ccc1F. The summed E-state index contributed by atoms with van der Waals surface area (Å²) >= 11 is 0. The fourth-order valence-corrected chi connectivity index (χ4v) is 2.43. The summed E-state index contributed by atoms with van der Waals surface area (Å²) in [5, 5.41) is 16.5. The molecular weight excluding hydrogens is 275 g/mol. The fraction of sp³-hybridized carbons (Fsp3) is 0.385. The molecule has 2 aromatic rings. The minimum absolute atomic E-state index is 0.119. The summed E-state index contributed by atoms with van der Waals surface area (Å²) in [5.41, 5.74) is 0.693. The van der Waals surface area contributed by atoms with Crippen molar-refractivity contribution >= 4 is 11.6 Å². The summed E-state index contributed by atoms with van der Waals surface area (Å²) in [4.78, 5) is 12.2. The molecule has 1 aromatic heterocycles. The number of tetrazole rings is 1. The van der Waals surface area contributed by atoms with Gasteiger partial charge in [0.25, 0.3) is 0 Å². The minimum Gasteiger partial charge on any atom is -0.322 e. The first-order valence-corrected chi connectivity index (χ1v) is 6.72. The van der Waals surface area contributed by atoms with Gasteiger partial charge in [0.2, 0.25) is 5.91 Å². The smallest absolute Gasteiger partial charge is 0.241 e. The monoisotopic (exact) mass is 290 g/mol. The quantitative estimate of drug-likeness (QED) is 0.871. The zero-order valence-electron chi connectivity index (χ0n) is 11.5. The van der Waals surface area contributed by atoms with Crippen LogP contribution in [-0.2, 0) is 4.79 Å². The molecule has 0 aliphatic carbocycles. The van der Waals surface area contributed by atoms with Gasteiger partial charge < -0.3 is 10.6 Å². The molecule has 1 aliphatic rings. The van der Waals surface area contributed by atoms with Crippen LogP contribution in [0.1, 0.15) is 13.3 Å². The normalized spacial score (nSPS) is 21.4. The average Bonchev–Trinajstić information content (AvgIpc) is 3.12. The van der Waals surface area contributed by atoms with Crippen molar-refractivity contribution in [2.75, 3.05) is 11.9 Å². The summed E-state index contributed by atoms with van der Waals surface area (Å²) in [6.07, 6.45) is 2.34. The van der Waals surface area contributed by atoms with Crippen LogP contribution in [0.4, 0.5) is 10.1 Å². The Labute approximate surface area is 120 Å². The highest BCUT2D eigenvalue weighted by Gasteiger charge is 2.29. The first-order valence-electron chi connectivity index (χ1n) is 6.72. The lowest BCUT2D eigenvalue weighted by molar-refractivity contribution is -0.118. The lowest BCUT2D eigenvalue weighted by Crippen LogP contribution is -2.39. The molecule has 1 aliphatic heterocycles. The molecular formula is C13H15FN6O. The second-order valence-corrected chi connectivity index (χ2v) is 5.11. The van der Waals surface area contributed by atoms with Crippen molar-refractivity contribution in [2.24, 2.45) is 5.92 Å². The van der Waals surface area contributed by atoms with E-state index in [2.05, 4.69) is 26.2 Å². The van der Waals surface area contributed by atoms with E-state index in [1.54, 1.807) is 0 Å². The van der Waals surface area contributed by atoms with Gasteiger partial charge >= 0.3 is 0 Å². The van der Waals surface area contributed by atoms with E-state index in [1.807, 2.05) is 6.92 Å². The maximum absolute atomic E-state index is 13.9. The summed E-state index contributed by atoms with van der Waals surface area (Å²) in [6, 6.07) is 4.03. The standard InChI is InChI=1S/C13H15FN6O/c1-8-4-5-15-12(8)13(21)17-11-6-9(2-3-10(11)14)20-7-16-18-19-20/h2-3,6-8,12,15H,4-5H2,1H3,(H,17,21). The molecule has 0 bridgehead atoms. The van der Waals surface area contributed by atoms with Crippen LogP contribution in [0.2, 0.25) is 0 Å². The van der Waals surface area contributed by atoms with Gasteiger partial charge in [0, 0.05) is 0 Å². The van der Waals surface area contributed by atoms with Gasteiger partial charge in [0.1, 0.15) is 12.1 Å². The molecule has 7 nitrogen and oxygen atoms in total. The molecule has 2 atom stereocenters. The number of amides is 1. The number of halogens is 1. The molecule has 1 amide bonds. The van der Waals surface area contributed by atoms with Gasteiger partial charge in [-0.15, -0.1) is 5.10 Å². The second-order valence-electron chi connectivity index (χ2n) is 5.11. The summed E-state index contributed by atoms with van der Waals surface area (Å²) in [7, 11) is 0. The number of benzene rings is 1. The molecule has 110 valence electrons. The molecule has 2 N–H and O–H groups in total. The zero-order chi connectivity index (χ0) is 14.8. The highest BCUT2D eigenvalue weighted by Crippen LogP contribution is 2.21. The third-order valence-electron chi connectivity index (χ3n) is 3.64. The van der Waals surface area contributed by atoms with Crippen LogP contribution in [0.5, 0.6) is 0 Å². The number of anilines is 1. The molecule has 0 saturated carbocycles. The maximum atomic E-state index is 13.9. The number of rotatable bonds is 3. The molecule has 0 spiro atoms. The third-order valence-corrected chi connectivity index (χ3v) is 3.64. The van der Waals surface area contributed by atoms with Crippen LogP contribution in [0.25, 0.3) is 5.69 Å². The maximum Gasteiger partial charge on any atom is 0.241 e. The summed E-state index contributed by atoms with van der Waals surface area (Å²) in [6.45, 7) is 2.80. The van der Waals surface area contributed by atoms with Crippen molar-refractivity contribution in [1.29, 1.82) is 0 Å². The Morgan fingerprint density at radius 1 is 1.52 bits per heavy atom. The Hall–Kier alpha value is -2.35. The van der Waals surface area contributed by atoms with Gasteiger partial charge in [-0.2, -0.15) is 0 Å². The molecule has 21 heavy (non-hydrogen) atoms. The van der Waals surface area contributed by atoms with Gasteiger partial charge in [0.05, 0.1) is 17.4 Å². The number of hydrogen-bond donors (Lipinski definition) is 2. The largest absolute Gasteiger partial charge is 0.322 e. The second kappa shape index (κ2) is 5.57. The lowest BCUT2D eigenvalue weighted by atomic mass is 10.0. The van der Waals surface area contributed by atoms with Gasteiger partial charge in [0.15, 0.2) is 0 Å². The average molecular weight is 290 g/mol. The lowest BCUT2D eigenvalue weighted by Gasteiger charge is -2.16. The number of aromatic nitrogens is 4. The van der Waals surface area contributed by atoms with Crippen molar-refractivity contribution in [3.05, 3.63) is 30.3 Å². The predicted octanol–water partition coefficient (Wildman–Crippen LogP) is 0.738. The van der Waals surface area contributed by atoms with Gasteiger partial charge in [-0.25, -0.2) is 9.07 Å². The highest BCUT2D eigenvalue weighted by molar-refractivity contribution is 5.95. The highest BCUT2D eigenvalue weighted by atomic mass is 19.1. The van der Waals surface area contributed by atoms with E-state index in [0.29, 0.717) is 5.69 Å². The first-order chi connectivity index (χ1) is 10.1. The number of nitrogens with one attached hydrogen (secondary N) is 2. The minimum atomic E-state index is -0.495. The van der Waals surface area contributed by atoms with Crippen LogP contribution in [0.3, 0.4) is 0 Å². The number of hydrogen-bond acceptors (Lipinski definition) is 5. The van der Waals surface area contributed by atoms with Crippen LogP contribution < -0.4 is 10.6 Å². The van der Waals surface area contributed by atoms with Gasteiger partial charge in [-0.3, -0.25) is 4.79 Å². The number of carbonyl (C=O) groups excluding carboxylic acids is 1. The van der Waals surface area contributed by atoms with E-state index in [-0.39, 0.29) is 23.6 Å². The van der Waals surface area contributed by atoms with E-state index < -0.39 is 5.82 Å². The molecule has 1 fully saturated rings. The van der Waals surface area contributed by atoms with Crippen LogP contribution in [0.15, 0.2) is 24.5 Å². The Bertz CT molecular complexity index is 644. The summed E-state index contributed by atoms with van der Waals surface area (Å²) in [5.74, 6) is -0.491. The van der Waals surface area contributed by atoms with Crippen LogP contribution in [-0.4, -0.2) is 38.7 Å². The molecule has 2 heterocycles. The van der Waals surface area contributed by atoms with E-state index in [9.17, 15) is 9.18 Å². The topological polar surface area (TPSA) is 84.7 Å². The van der Waals surface area contributed by atoms with Crippen molar-refractivity contribution in [2.45, 2.75) is 19.4 Å². The first kappa shape index (κ1) is 13.6. The molecule has 1 saturated heterocycles. The number of carbonyl (C=O) groups is 1. The molecule has 3 rings (SSSR count). The molecule has 0 radical (unpaired) electrons. The van der Waals surface area contributed by atoms with Gasteiger partial charge in [-0.1, -0.05) is 6.92 Å². The summed E-state index contributed by atoms with van der Waals surface area (Å²) < 4.78 is 15.3. The van der Waals surface area contributed by atoms with E-state index >= 15 is 0 Å². The van der Waals surface area contributed by atoms with E-state index in [0.717, 1.165) is 13.0 Å². The zero-order valence-corrected chi connectivity index (χ0v) is 11.5. The Balaban J connectivity index is 1.81. The van der Waals surface area contributed by atoms with Crippen molar-refractivity contribution in [1.82, 2.24) is 25.5 Å². The fourth-order valence-electron chi connectivity index (χ4n) is 2.43. The van der Waals surface area contributed by atoms with E-state index in [4.69, 9.17) is 0 Å². The Morgan fingerprint density at radius 3 is 3.05 bits per heavy atom. The number of nitrogens with zero attached hydrogens (tertiary/aromatic N) is 4. The third kappa shape index (κ3) is 2.75. The molecule has 8 heteroatoms. The molecule has 1 aromatic carbocycles. The van der Waals surface area contributed by atoms with Crippen LogP contribution >= 0.6 is 0 Å². The van der Waals surface area contributed by atoms with Crippen LogP contribution in [0, 0.1) is 11.7 Å².